The Labute approximate surface area is 94.1 Å². The van der Waals surface area contributed by atoms with Gasteiger partial charge < -0.3 is 14.6 Å². The number of hydrogen-bond acceptors (Lipinski definition) is 5. The quantitative estimate of drug-likeness (QED) is 0.767. The first-order chi connectivity index (χ1) is 7.70. The van der Waals surface area contributed by atoms with Gasteiger partial charge in [0, 0.05) is 24.6 Å². The Bertz CT molecular complexity index is 367. The van der Waals surface area contributed by atoms with E-state index in [0.717, 1.165) is 25.1 Å². The molecule has 0 bridgehead atoms. The Kier molecular flexibility index (Phi) is 3.24. The number of esters is 1. The lowest BCUT2D eigenvalue weighted by molar-refractivity contribution is 0.0554. The van der Waals surface area contributed by atoms with Gasteiger partial charge in [0.25, 0.3) is 0 Å². The number of rotatable bonds is 2. The highest BCUT2D eigenvalue weighted by atomic mass is 16.5. The number of nitrogens with zero attached hydrogens (tertiary/aromatic N) is 1. The fraction of sp³-hybridized carbons (Fsp3) is 0.636. The maximum atomic E-state index is 11.2. The summed E-state index contributed by atoms with van der Waals surface area (Å²) in [5.41, 5.74) is 0.833. The number of nitrogens with one attached hydrogen (secondary N) is 1. The monoisotopic (exact) mass is 224 g/mol. The number of methoxy groups -OCH3 is 1. The van der Waals surface area contributed by atoms with Crippen LogP contribution in [-0.2, 0) is 4.74 Å². The van der Waals surface area contributed by atoms with Gasteiger partial charge in [0.05, 0.1) is 12.8 Å². The number of piperidine rings is 1. The molecule has 5 heteroatoms. The van der Waals surface area contributed by atoms with E-state index in [2.05, 4.69) is 22.1 Å². The highest BCUT2D eigenvalue weighted by Crippen LogP contribution is 2.24. The summed E-state index contributed by atoms with van der Waals surface area (Å²) in [6, 6.07) is 2.23. The highest BCUT2D eigenvalue weighted by Gasteiger charge is 2.23. The molecule has 2 rings (SSSR count). The van der Waals surface area contributed by atoms with Crippen LogP contribution in [0.2, 0.25) is 0 Å². The van der Waals surface area contributed by atoms with Crippen LogP contribution in [0.3, 0.4) is 0 Å². The summed E-state index contributed by atoms with van der Waals surface area (Å²) in [4.78, 5) is 11.2. The Morgan fingerprint density at radius 1 is 1.62 bits per heavy atom. The standard InChI is InChI=1S/C11H16N2O3/c1-7-3-4-8(6-12-7)9-5-10(16-13-9)11(14)15-2/h5,7-8,12H,3-4,6H2,1-2H3/t7-,8-/m1/s1. The summed E-state index contributed by atoms with van der Waals surface area (Å²) in [6.45, 7) is 3.05. The van der Waals surface area contributed by atoms with Crippen LogP contribution < -0.4 is 5.32 Å². The molecular formula is C11H16N2O3. The van der Waals surface area contributed by atoms with E-state index < -0.39 is 5.97 Å². The molecule has 0 radical (unpaired) electrons. The van der Waals surface area contributed by atoms with Gasteiger partial charge in [0.15, 0.2) is 0 Å². The van der Waals surface area contributed by atoms with E-state index in [1.807, 2.05) is 0 Å². The maximum absolute atomic E-state index is 11.2. The van der Waals surface area contributed by atoms with E-state index in [0.29, 0.717) is 12.0 Å². The van der Waals surface area contributed by atoms with Crippen molar-refractivity contribution in [2.45, 2.75) is 31.7 Å². The fourth-order valence-electron chi connectivity index (χ4n) is 1.93. The molecule has 1 aromatic rings. The van der Waals surface area contributed by atoms with Crippen molar-refractivity contribution in [2.24, 2.45) is 0 Å². The zero-order chi connectivity index (χ0) is 11.5. The Morgan fingerprint density at radius 3 is 3.06 bits per heavy atom. The molecule has 5 nitrogen and oxygen atoms in total. The summed E-state index contributed by atoms with van der Waals surface area (Å²) in [5.74, 6) is 0.0327. The first kappa shape index (κ1) is 11.1. The molecule has 0 aromatic carbocycles. The summed E-state index contributed by atoms with van der Waals surface area (Å²) in [5, 5.41) is 7.30. The van der Waals surface area contributed by atoms with Crippen LogP contribution >= 0.6 is 0 Å². The van der Waals surface area contributed by atoms with E-state index >= 15 is 0 Å². The smallest absolute Gasteiger partial charge is 0.376 e. The van der Waals surface area contributed by atoms with Crippen LogP contribution in [0.4, 0.5) is 0 Å². The summed E-state index contributed by atoms with van der Waals surface area (Å²) >= 11 is 0. The molecule has 2 atom stereocenters. The number of carbonyl (C=O) groups is 1. The van der Waals surface area contributed by atoms with Crippen molar-refractivity contribution in [3.63, 3.8) is 0 Å². The van der Waals surface area contributed by atoms with Crippen molar-refractivity contribution in [1.82, 2.24) is 10.5 Å². The van der Waals surface area contributed by atoms with E-state index in [-0.39, 0.29) is 5.76 Å². The Balaban J connectivity index is 2.04. The second kappa shape index (κ2) is 4.65. The van der Waals surface area contributed by atoms with Gasteiger partial charge in [-0.05, 0) is 19.8 Å². The average molecular weight is 224 g/mol. The van der Waals surface area contributed by atoms with Gasteiger partial charge in [-0.1, -0.05) is 5.16 Å². The van der Waals surface area contributed by atoms with Crippen LogP contribution in [0.25, 0.3) is 0 Å². The molecule has 16 heavy (non-hydrogen) atoms. The van der Waals surface area contributed by atoms with Crippen LogP contribution in [0, 0.1) is 0 Å². The summed E-state index contributed by atoms with van der Waals surface area (Å²) < 4.78 is 9.51. The van der Waals surface area contributed by atoms with E-state index in [4.69, 9.17) is 4.52 Å². The third-order valence-corrected chi connectivity index (χ3v) is 2.99. The van der Waals surface area contributed by atoms with Crippen LogP contribution in [0.15, 0.2) is 10.6 Å². The SMILES string of the molecule is COC(=O)c1cc([C@@H]2CC[C@@H](C)NC2)no1. The predicted octanol–water partition coefficient (Wildman–Crippen LogP) is 1.32. The molecule has 1 N–H and O–H groups in total. The summed E-state index contributed by atoms with van der Waals surface area (Å²) in [6.07, 6.45) is 2.19. The molecule has 1 aliphatic rings. The van der Waals surface area contributed by atoms with Gasteiger partial charge in [-0.15, -0.1) is 0 Å². The van der Waals surface area contributed by atoms with Gasteiger partial charge in [0.1, 0.15) is 0 Å². The lowest BCUT2D eigenvalue weighted by atomic mass is 9.93. The lowest BCUT2D eigenvalue weighted by Crippen LogP contribution is -2.35. The van der Waals surface area contributed by atoms with E-state index in [1.54, 1.807) is 6.07 Å². The third-order valence-electron chi connectivity index (χ3n) is 2.99. The number of hydrogen-bond donors (Lipinski definition) is 1. The number of ether oxygens (including phenoxy) is 1. The highest BCUT2D eigenvalue weighted by molar-refractivity contribution is 5.86. The molecule has 1 fully saturated rings. The molecule has 1 aromatic heterocycles. The molecule has 0 aliphatic carbocycles. The van der Waals surface area contributed by atoms with Crippen molar-refractivity contribution in [3.05, 3.63) is 17.5 Å². The van der Waals surface area contributed by atoms with Gasteiger partial charge in [-0.3, -0.25) is 0 Å². The lowest BCUT2D eigenvalue weighted by Gasteiger charge is -2.25. The van der Waals surface area contributed by atoms with Crippen LogP contribution in [0.1, 0.15) is 41.9 Å². The molecule has 0 spiro atoms. The summed E-state index contributed by atoms with van der Waals surface area (Å²) in [7, 11) is 1.33. The normalized spacial score (nSPS) is 25.4. The fourth-order valence-corrected chi connectivity index (χ4v) is 1.93. The molecule has 0 unspecified atom stereocenters. The largest absolute Gasteiger partial charge is 0.463 e. The molecule has 0 amide bonds. The van der Waals surface area contributed by atoms with Crippen molar-refractivity contribution in [1.29, 1.82) is 0 Å². The molecule has 88 valence electrons. The van der Waals surface area contributed by atoms with Crippen molar-refractivity contribution >= 4 is 5.97 Å². The van der Waals surface area contributed by atoms with E-state index in [9.17, 15) is 4.79 Å². The minimum Gasteiger partial charge on any atom is -0.463 e. The second-order valence-corrected chi connectivity index (χ2v) is 4.19. The Hall–Kier alpha value is -1.36. The van der Waals surface area contributed by atoms with E-state index in [1.165, 1.54) is 7.11 Å². The molecule has 1 aliphatic heterocycles. The van der Waals surface area contributed by atoms with Gasteiger partial charge >= 0.3 is 5.97 Å². The van der Waals surface area contributed by atoms with Crippen molar-refractivity contribution < 1.29 is 14.1 Å². The first-order valence-electron chi connectivity index (χ1n) is 5.49. The zero-order valence-corrected chi connectivity index (χ0v) is 9.53. The zero-order valence-electron chi connectivity index (χ0n) is 9.53. The minimum atomic E-state index is -0.476. The molecule has 2 heterocycles. The number of carbonyl (C=O) groups excluding carboxylic acids is 1. The topological polar surface area (TPSA) is 64.4 Å². The first-order valence-corrected chi connectivity index (χ1v) is 5.49. The minimum absolute atomic E-state index is 0.177. The van der Waals surface area contributed by atoms with Gasteiger partial charge in [-0.2, -0.15) is 0 Å². The molecule has 1 saturated heterocycles. The molecule has 0 saturated carbocycles. The Morgan fingerprint density at radius 2 is 2.44 bits per heavy atom. The predicted molar refractivity (Wildman–Crippen MR) is 57.3 cm³/mol. The third kappa shape index (κ3) is 2.24. The van der Waals surface area contributed by atoms with Crippen molar-refractivity contribution in [2.75, 3.05) is 13.7 Å². The molecular weight excluding hydrogens is 208 g/mol. The van der Waals surface area contributed by atoms with Gasteiger partial charge in [-0.25, -0.2) is 4.79 Å². The number of aromatic nitrogens is 1. The maximum Gasteiger partial charge on any atom is 0.376 e. The average Bonchev–Trinajstić information content (AvgIpc) is 2.78. The second-order valence-electron chi connectivity index (χ2n) is 4.19. The van der Waals surface area contributed by atoms with Gasteiger partial charge in [0.2, 0.25) is 5.76 Å². The van der Waals surface area contributed by atoms with Crippen LogP contribution in [-0.4, -0.2) is 30.8 Å². The van der Waals surface area contributed by atoms with Crippen LogP contribution in [0.5, 0.6) is 0 Å². The van der Waals surface area contributed by atoms with Crippen molar-refractivity contribution in [3.8, 4) is 0 Å².